The van der Waals surface area contributed by atoms with Crippen LogP contribution in [0.25, 0.3) is 0 Å². The Morgan fingerprint density at radius 2 is 1.95 bits per heavy atom. The summed E-state index contributed by atoms with van der Waals surface area (Å²) in [7, 11) is 0. The third-order valence-electron chi connectivity index (χ3n) is 4.75. The molecule has 1 atom stereocenters. The fraction of sp³-hybridized carbons (Fsp3) is 0.933. The zero-order valence-corrected chi connectivity index (χ0v) is 12.2. The number of carbonyl (C=O) groups excluding carboxylic acids is 1. The number of piperidine rings is 1. The topological polar surface area (TPSA) is 58.4 Å². The second-order valence-corrected chi connectivity index (χ2v) is 6.38. The Bertz CT molecular complexity index is 287. The van der Waals surface area contributed by atoms with E-state index >= 15 is 0 Å². The Balaban J connectivity index is 1.74. The Labute approximate surface area is 117 Å². The van der Waals surface area contributed by atoms with Crippen molar-refractivity contribution in [3.8, 4) is 0 Å². The molecule has 4 nitrogen and oxygen atoms in total. The largest absolute Gasteiger partial charge is 0.352 e. The monoisotopic (exact) mass is 267 g/mol. The van der Waals surface area contributed by atoms with E-state index in [0.717, 1.165) is 31.7 Å². The highest BCUT2D eigenvalue weighted by atomic mass is 16.2. The van der Waals surface area contributed by atoms with Crippen LogP contribution in [0.1, 0.15) is 51.9 Å². The smallest absolute Gasteiger partial charge is 0.234 e. The third kappa shape index (κ3) is 4.46. The summed E-state index contributed by atoms with van der Waals surface area (Å²) in [5.41, 5.74) is 5.80. The molecule has 1 aliphatic carbocycles. The molecule has 110 valence electrons. The molecular weight excluding hydrogens is 238 g/mol. The van der Waals surface area contributed by atoms with Crippen molar-refractivity contribution < 1.29 is 4.79 Å². The molecule has 1 unspecified atom stereocenters. The molecule has 1 amide bonds. The normalized spacial score (nSPS) is 33.1. The number of hydrogen-bond acceptors (Lipinski definition) is 3. The number of nitrogens with two attached hydrogens (primary N) is 1. The summed E-state index contributed by atoms with van der Waals surface area (Å²) >= 11 is 0. The fourth-order valence-electron chi connectivity index (χ4n) is 3.40. The van der Waals surface area contributed by atoms with Crippen molar-refractivity contribution in [2.75, 3.05) is 19.6 Å². The van der Waals surface area contributed by atoms with Crippen molar-refractivity contribution in [2.45, 2.75) is 64.0 Å². The van der Waals surface area contributed by atoms with Crippen LogP contribution in [0.2, 0.25) is 0 Å². The highest BCUT2D eigenvalue weighted by molar-refractivity contribution is 5.78. The van der Waals surface area contributed by atoms with Crippen LogP contribution in [0.4, 0.5) is 0 Å². The summed E-state index contributed by atoms with van der Waals surface area (Å²) in [4.78, 5) is 14.4. The van der Waals surface area contributed by atoms with Gasteiger partial charge in [0.15, 0.2) is 0 Å². The summed E-state index contributed by atoms with van der Waals surface area (Å²) < 4.78 is 0. The SMILES string of the molecule is CC1CCC(NC(=O)CN2CCCCC2CN)CC1. The van der Waals surface area contributed by atoms with Crippen LogP contribution in [0.5, 0.6) is 0 Å². The summed E-state index contributed by atoms with van der Waals surface area (Å²) in [6.45, 7) is 4.54. The Morgan fingerprint density at radius 1 is 1.21 bits per heavy atom. The molecule has 19 heavy (non-hydrogen) atoms. The molecule has 0 aromatic heterocycles. The Kier molecular flexibility index (Phi) is 5.64. The zero-order chi connectivity index (χ0) is 13.7. The molecule has 2 rings (SSSR count). The number of hydrogen-bond donors (Lipinski definition) is 2. The first-order valence-corrected chi connectivity index (χ1v) is 7.92. The van der Waals surface area contributed by atoms with Gasteiger partial charge < -0.3 is 11.1 Å². The van der Waals surface area contributed by atoms with Crippen LogP contribution in [0, 0.1) is 5.92 Å². The van der Waals surface area contributed by atoms with E-state index in [9.17, 15) is 4.79 Å². The van der Waals surface area contributed by atoms with Gasteiger partial charge in [0.25, 0.3) is 0 Å². The van der Waals surface area contributed by atoms with E-state index in [1.165, 1.54) is 25.7 Å². The number of nitrogens with one attached hydrogen (secondary N) is 1. The summed E-state index contributed by atoms with van der Waals surface area (Å²) in [5, 5.41) is 3.21. The molecule has 1 heterocycles. The van der Waals surface area contributed by atoms with Gasteiger partial charge >= 0.3 is 0 Å². The first-order chi connectivity index (χ1) is 9.19. The van der Waals surface area contributed by atoms with Gasteiger partial charge in [-0.2, -0.15) is 0 Å². The van der Waals surface area contributed by atoms with E-state index in [2.05, 4.69) is 17.1 Å². The van der Waals surface area contributed by atoms with Gasteiger partial charge in [0.1, 0.15) is 0 Å². The zero-order valence-electron chi connectivity index (χ0n) is 12.2. The minimum absolute atomic E-state index is 0.194. The van der Waals surface area contributed by atoms with Gasteiger partial charge in [-0.05, 0) is 51.0 Å². The lowest BCUT2D eigenvalue weighted by Crippen LogP contribution is -2.50. The van der Waals surface area contributed by atoms with Crippen LogP contribution < -0.4 is 11.1 Å². The van der Waals surface area contributed by atoms with Crippen molar-refractivity contribution >= 4 is 5.91 Å². The van der Waals surface area contributed by atoms with E-state index in [0.29, 0.717) is 25.2 Å². The van der Waals surface area contributed by atoms with Crippen molar-refractivity contribution in [2.24, 2.45) is 11.7 Å². The van der Waals surface area contributed by atoms with Crippen LogP contribution >= 0.6 is 0 Å². The van der Waals surface area contributed by atoms with Crippen molar-refractivity contribution in [3.63, 3.8) is 0 Å². The van der Waals surface area contributed by atoms with Crippen molar-refractivity contribution in [1.29, 1.82) is 0 Å². The maximum absolute atomic E-state index is 12.1. The lowest BCUT2D eigenvalue weighted by Gasteiger charge is -2.35. The molecule has 0 aromatic carbocycles. The average Bonchev–Trinajstić information content (AvgIpc) is 2.42. The molecule has 3 N–H and O–H groups in total. The minimum atomic E-state index is 0.194. The predicted molar refractivity (Wildman–Crippen MR) is 77.8 cm³/mol. The Morgan fingerprint density at radius 3 is 2.63 bits per heavy atom. The maximum atomic E-state index is 12.1. The lowest BCUT2D eigenvalue weighted by atomic mass is 9.87. The van der Waals surface area contributed by atoms with Gasteiger partial charge in [0.05, 0.1) is 6.54 Å². The first-order valence-electron chi connectivity index (χ1n) is 7.92. The predicted octanol–water partition coefficient (Wildman–Crippen LogP) is 1.49. The molecule has 0 aromatic rings. The van der Waals surface area contributed by atoms with Gasteiger partial charge in [0, 0.05) is 18.6 Å². The molecule has 0 spiro atoms. The van der Waals surface area contributed by atoms with Crippen molar-refractivity contribution in [1.82, 2.24) is 10.2 Å². The third-order valence-corrected chi connectivity index (χ3v) is 4.75. The maximum Gasteiger partial charge on any atom is 0.234 e. The summed E-state index contributed by atoms with van der Waals surface area (Å²) in [6, 6.07) is 0.815. The van der Waals surface area contributed by atoms with Crippen LogP contribution in [-0.2, 0) is 4.79 Å². The fourth-order valence-corrected chi connectivity index (χ4v) is 3.40. The van der Waals surface area contributed by atoms with Gasteiger partial charge in [0.2, 0.25) is 5.91 Å². The number of amides is 1. The van der Waals surface area contributed by atoms with E-state index in [1.807, 2.05) is 0 Å². The molecule has 2 aliphatic rings. The molecule has 2 fully saturated rings. The quantitative estimate of drug-likeness (QED) is 0.811. The molecule has 0 bridgehead atoms. The van der Waals surface area contributed by atoms with Crippen LogP contribution in [0.15, 0.2) is 0 Å². The molecular formula is C15H29N3O. The van der Waals surface area contributed by atoms with E-state index in [1.54, 1.807) is 0 Å². The van der Waals surface area contributed by atoms with E-state index < -0.39 is 0 Å². The molecule has 1 saturated carbocycles. The Hall–Kier alpha value is -0.610. The van der Waals surface area contributed by atoms with Gasteiger partial charge in [-0.1, -0.05) is 13.3 Å². The molecule has 1 saturated heterocycles. The van der Waals surface area contributed by atoms with E-state index in [4.69, 9.17) is 5.73 Å². The number of carbonyl (C=O) groups is 1. The van der Waals surface area contributed by atoms with Gasteiger partial charge in [-0.25, -0.2) is 0 Å². The molecule has 1 aliphatic heterocycles. The molecule has 4 heteroatoms. The van der Waals surface area contributed by atoms with Crippen molar-refractivity contribution in [3.05, 3.63) is 0 Å². The standard InChI is InChI=1S/C15H29N3O/c1-12-5-7-13(8-6-12)17-15(19)11-18-9-3-2-4-14(18)10-16/h12-14H,2-11,16H2,1H3,(H,17,19). The molecule has 0 radical (unpaired) electrons. The lowest BCUT2D eigenvalue weighted by molar-refractivity contribution is -0.124. The second-order valence-electron chi connectivity index (χ2n) is 6.38. The highest BCUT2D eigenvalue weighted by Crippen LogP contribution is 2.23. The first kappa shape index (κ1) is 14.8. The number of rotatable bonds is 4. The average molecular weight is 267 g/mol. The van der Waals surface area contributed by atoms with Crippen LogP contribution in [-0.4, -0.2) is 42.5 Å². The van der Waals surface area contributed by atoms with Gasteiger partial charge in [-0.3, -0.25) is 9.69 Å². The summed E-state index contributed by atoms with van der Waals surface area (Å²) in [5.74, 6) is 1.02. The van der Waals surface area contributed by atoms with Crippen LogP contribution in [0.3, 0.4) is 0 Å². The number of nitrogens with zero attached hydrogens (tertiary/aromatic N) is 1. The summed E-state index contributed by atoms with van der Waals surface area (Å²) in [6.07, 6.45) is 8.39. The van der Waals surface area contributed by atoms with Gasteiger partial charge in [-0.15, -0.1) is 0 Å². The second kappa shape index (κ2) is 7.25. The number of likely N-dealkylation sites (tertiary alicyclic amines) is 1. The van der Waals surface area contributed by atoms with E-state index in [-0.39, 0.29) is 5.91 Å². The minimum Gasteiger partial charge on any atom is -0.352 e. The highest BCUT2D eigenvalue weighted by Gasteiger charge is 2.25.